The normalized spacial score (nSPS) is 16.1. The highest BCUT2D eigenvalue weighted by atomic mass is 16.4. The van der Waals surface area contributed by atoms with Gasteiger partial charge in [0.1, 0.15) is 12.2 Å². The number of hydrogen-bond acceptors (Lipinski definition) is 6. The standard InChI is InChI=1S/C12H20N2O4/c1-7-2-3-8(4-9(7)13)14-5-10(16)12(18)11(17)6-15/h2-4,10-12,14-18H,5-6,13H2,1H3. The van der Waals surface area contributed by atoms with E-state index in [0.29, 0.717) is 11.4 Å². The Hall–Kier alpha value is -1.34. The number of hydrogen-bond donors (Lipinski definition) is 6. The molecular formula is C12H20N2O4. The SMILES string of the molecule is Cc1ccc(NCC(O)C(O)C(O)CO)cc1N. The van der Waals surface area contributed by atoms with Crippen LogP contribution in [0, 0.1) is 6.92 Å². The zero-order valence-corrected chi connectivity index (χ0v) is 10.2. The lowest BCUT2D eigenvalue weighted by Gasteiger charge is -2.22. The molecule has 3 unspecified atom stereocenters. The lowest BCUT2D eigenvalue weighted by atomic mass is 10.1. The van der Waals surface area contributed by atoms with Gasteiger partial charge in [0.25, 0.3) is 0 Å². The summed E-state index contributed by atoms with van der Waals surface area (Å²) in [4.78, 5) is 0. The van der Waals surface area contributed by atoms with Crippen molar-refractivity contribution in [2.24, 2.45) is 0 Å². The van der Waals surface area contributed by atoms with Gasteiger partial charge in [-0.15, -0.1) is 0 Å². The average Bonchev–Trinajstić information content (AvgIpc) is 2.37. The second-order valence-corrected chi connectivity index (χ2v) is 4.26. The molecule has 0 spiro atoms. The minimum absolute atomic E-state index is 0.0424. The Bertz CT molecular complexity index is 386. The van der Waals surface area contributed by atoms with E-state index in [1.165, 1.54) is 0 Å². The van der Waals surface area contributed by atoms with Crippen molar-refractivity contribution in [1.29, 1.82) is 0 Å². The third-order valence-corrected chi connectivity index (χ3v) is 2.77. The van der Waals surface area contributed by atoms with Crippen molar-refractivity contribution in [2.45, 2.75) is 25.2 Å². The molecular weight excluding hydrogens is 236 g/mol. The van der Waals surface area contributed by atoms with E-state index in [-0.39, 0.29) is 6.54 Å². The molecule has 0 saturated carbocycles. The summed E-state index contributed by atoms with van der Waals surface area (Å²) in [5.41, 5.74) is 8.03. The maximum absolute atomic E-state index is 9.59. The van der Waals surface area contributed by atoms with Crippen molar-refractivity contribution >= 4 is 11.4 Å². The number of nitrogens with two attached hydrogens (primary N) is 1. The topological polar surface area (TPSA) is 119 Å². The van der Waals surface area contributed by atoms with Gasteiger partial charge in [0.05, 0.1) is 12.7 Å². The van der Waals surface area contributed by atoms with E-state index < -0.39 is 24.9 Å². The fourth-order valence-electron chi connectivity index (χ4n) is 1.46. The molecule has 0 amide bonds. The van der Waals surface area contributed by atoms with Crippen LogP contribution in [0.3, 0.4) is 0 Å². The van der Waals surface area contributed by atoms with Gasteiger partial charge in [-0.05, 0) is 24.6 Å². The minimum atomic E-state index is -1.40. The van der Waals surface area contributed by atoms with E-state index in [2.05, 4.69) is 5.32 Å². The summed E-state index contributed by atoms with van der Waals surface area (Å²) >= 11 is 0. The molecule has 1 aromatic carbocycles. The molecule has 6 heteroatoms. The van der Waals surface area contributed by atoms with Gasteiger partial charge < -0.3 is 31.5 Å². The summed E-state index contributed by atoms with van der Waals surface area (Å²) in [5, 5.41) is 39.7. The molecule has 1 rings (SSSR count). The highest BCUT2D eigenvalue weighted by molar-refractivity contribution is 5.58. The first-order valence-electron chi connectivity index (χ1n) is 5.70. The van der Waals surface area contributed by atoms with E-state index in [1.807, 2.05) is 13.0 Å². The van der Waals surface area contributed by atoms with E-state index in [1.54, 1.807) is 12.1 Å². The molecule has 0 bridgehead atoms. The molecule has 0 heterocycles. The number of nitrogens with one attached hydrogen (secondary N) is 1. The van der Waals surface area contributed by atoms with Gasteiger partial charge in [-0.1, -0.05) is 6.07 Å². The van der Waals surface area contributed by atoms with Crippen LogP contribution in [0.1, 0.15) is 5.56 Å². The quantitative estimate of drug-likeness (QED) is 0.366. The highest BCUT2D eigenvalue weighted by Crippen LogP contribution is 2.17. The van der Waals surface area contributed by atoms with Crippen LogP contribution in [0.4, 0.5) is 11.4 Å². The molecule has 7 N–H and O–H groups in total. The molecule has 0 aromatic heterocycles. The Balaban J connectivity index is 2.51. The fraction of sp³-hybridized carbons (Fsp3) is 0.500. The van der Waals surface area contributed by atoms with Crippen LogP contribution in [0.2, 0.25) is 0 Å². The zero-order valence-electron chi connectivity index (χ0n) is 10.2. The van der Waals surface area contributed by atoms with E-state index in [9.17, 15) is 10.2 Å². The van der Waals surface area contributed by atoms with Crippen LogP contribution in [0.15, 0.2) is 18.2 Å². The smallest absolute Gasteiger partial charge is 0.110 e. The predicted octanol–water partition coefficient (Wildman–Crippen LogP) is -0.936. The van der Waals surface area contributed by atoms with Crippen molar-refractivity contribution in [3.63, 3.8) is 0 Å². The molecule has 0 saturated heterocycles. The van der Waals surface area contributed by atoms with Gasteiger partial charge >= 0.3 is 0 Å². The third kappa shape index (κ3) is 3.85. The number of benzene rings is 1. The van der Waals surface area contributed by atoms with Crippen molar-refractivity contribution in [1.82, 2.24) is 0 Å². The molecule has 0 aliphatic rings. The molecule has 102 valence electrons. The van der Waals surface area contributed by atoms with Gasteiger partial charge in [0.2, 0.25) is 0 Å². The second-order valence-electron chi connectivity index (χ2n) is 4.26. The molecule has 0 radical (unpaired) electrons. The Morgan fingerprint density at radius 2 is 1.89 bits per heavy atom. The van der Waals surface area contributed by atoms with Gasteiger partial charge in [-0.3, -0.25) is 0 Å². The van der Waals surface area contributed by atoms with Crippen LogP contribution in [0.5, 0.6) is 0 Å². The zero-order chi connectivity index (χ0) is 13.7. The lowest BCUT2D eigenvalue weighted by Crippen LogP contribution is -2.42. The molecule has 18 heavy (non-hydrogen) atoms. The van der Waals surface area contributed by atoms with E-state index in [0.717, 1.165) is 5.56 Å². The summed E-state index contributed by atoms with van der Waals surface area (Å²) in [5.74, 6) is 0. The van der Waals surface area contributed by atoms with Crippen LogP contribution in [-0.4, -0.2) is 51.9 Å². The molecule has 3 atom stereocenters. The summed E-state index contributed by atoms with van der Waals surface area (Å²) in [6.07, 6.45) is -3.94. The van der Waals surface area contributed by atoms with Gasteiger partial charge in [-0.2, -0.15) is 0 Å². The Morgan fingerprint density at radius 1 is 1.22 bits per heavy atom. The molecule has 1 aromatic rings. The minimum Gasteiger partial charge on any atom is -0.398 e. The summed E-state index contributed by atoms with van der Waals surface area (Å²) in [6, 6.07) is 5.35. The fourth-order valence-corrected chi connectivity index (χ4v) is 1.46. The maximum Gasteiger partial charge on any atom is 0.110 e. The van der Waals surface area contributed by atoms with Gasteiger partial charge in [-0.25, -0.2) is 0 Å². The van der Waals surface area contributed by atoms with Gasteiger partial charge in [0, 0.05) is 17.9 Å². The van der Waals surface area contributed by atoms with Crippen LogP contribution in [0.25, 0.3) is 0 Å². The van der Waals surface area contributed by atoms with Crippen LogP contribution in [-0.2, 0) is 0 Å². The van der Waals surface area contributed by atoms with Gasteiger partial charge in [0.15, 0.2) is 0 Å². The summed E-state index contributed by atoms with van der Waals surface area (Å²) in [6.45, 7) is 1.33. The van der Waals surface area contributed by atoms with Crippen LogP contribution < -0.4 is 11.1 Å². The molecule has 0 aliphatic carbocycles. The van der Waals surface area contributed by atoms with E-state index in [4.69, 9.17) is 15.9 Å². The highest BCUT2D eigenvalue weighted by Gasteiger charge is 2.23. The first-order valence-corrected chi connectivity index (χ1v) is 5.70. The number of aliphatic hydroxyl groups excluding tert-OH is 4. The summed E-state index contributed by atoms with van der Waals surface area (Å²) in [7, 11) is 0. The largest absolute Gasteiger partial charge is 0.398 e. The Kier molecular flexibility index (Phi) is 5.36. The first-order chi connectivity index (χ1) is 8.45. The second kappa shape index (κ2) is 6.55. The van der Waals surface area contributed by atoms with Crippen molar-refractivity contribution in [2.75, 3.05) is 24.2 Å². The Morgan fingerprint density at radius 3 is 2.44 bits per heavy atom. The monoisotopic (exact) mass is 256 g/mol. The van der Waals surface area contributed by atoms with Crippen molar-refractivity contribution < 1.29 is 20.4 Å². The van der Waals surface area contributed by atoms with Crippen molar-refractivity contribution in [3.05, 3.63) is 23.8 Å². The molecule has 0 aliphatic heterocycles. The third-order valence-electron chi connectivity index (χ3n) is 2.77. The number of anilines is 2. The van der Waals surface area contributed by atoms with Crippen LogP contribution >= 0.6 is 0 Å². The average molecular weight is 256 g/mol. The number of aliphatic hydroxyl groups is 4. The number of nitrogen functional groups attached to an aromatic ring is 1. The molecule has 6 nitrogen and oxygen atoms in total. The number of rotatable bonds is 6. The summed E-state index contributed by atoms with van der Waals surface area (Å²) < 4.78 is 0. The lowest BCUT2D eigenvalue weighted by molar-refractivity contribution is -0.0715. The van der Waals surface area contributed by atoms with Crippen molar-refractivity contribution in [3.8, 4) is 0 Å². The first kappa shape index (κ1) is 14.7. The molecule has 0 fully saturated rings. The predicted molar refractivity (Wildman–Crippen MR) is 69.2 cm³/mol. The number of aryl methyl sites for hydroxylation is 1. The Labute approximate surface area is 106 Å². The van der Waals surface area contributed by atoms with E-state index >= 15 is 0 Å². The maximum atomic E-state index is 9.59.